The van der Waals surface area contributed by atoms with Crippen LogP contribution in [0.4, 0.5) is 0 Å². The van der Waals surface area contributed by atoms with Crippen LogP contribution in [0.3, 0.4) is 0 Å². The molecule has 0 N–H and O–H groups in total. The van der Waals surface area contributed by atoms with E-state index in [0.29, 0.717) is 5.92 Å². The molecule has 0 radical (unpaired) electrons. The fourth-order valence-electron chi connectivity index (χ4n) is 4.25. The first kappa shape index (κ1) is 31.4. The maximum atomic E-state index is 3.30. The molecule has 0 fully saturated rings. The van der Waals surface area contributed by atoms with E-state index >= 15 is 0 Å². The molecule has 0 aromatic heterocycles. The summed E-state index contributed by atoms with van der Waals surface area (Å²) >= 11 is 1.51. The van der Waals surface area contributed by atoms with Crippen molar-refractivity contribution in [3.05, 3.63) is 124 Å². The van der Waals surface area contributed by atoms with Crippen molar-refractivity contribution in [1.82, 2.24) is 0 Å². The van der Waals surface area contributed by atoms with Crippen LogP contribution in [-0.2, 0) is 30.7 Å². The number of halogens is 2. The van der Waals surface area contributed by atoms with Gasteiger partial charge in [0.15, 0.2) is 0 Å². The van der Waals surface area contributed by atoms with E-state index < -0.39 is 0 Å². The minimum absolute atomic E-state index is 0. The molecule has 0 spiro atoms. The summed E-state index contributed by atoms with van der Waals surface area (Å²) in [6, 6.07) is 31.3. The van der Waals surface area contributed by atoms with E-state index in [-0.39, 0.29) is 24.8 Å². The Morgan fingerprint density at radius 2 is 1.51 bits per heavy atom. The minimum atomic E-state index is 0. The Balaban J connectivity index is 0.000000259. The SMILES string of the molecule is C[C](=[Zr+2])c1ccc(C)cc1.Cc1cc(C(C)C)c(C)[cH-]1.[Cl-].[Cl-].[c-]1cccc2c1Cc1ccccc1-2. The van der Waals surface area contributed by atoms with E-state index in [4.69, 9.17) is 0 Å². The summed E-state index contributed by atoms with van der Waals surface area (Å²) in [6.07, 6.45) is 1.05. The third-order valence-electron chi connectivity index (χ3n) is 6.01. The molecule has 4 aromatic rings. The van der Waals surface area contributed by atoms with E-state index in [1.54, 1.807) is 0 Å². The standard InChI is InChI=1S/C13H9.C10H15.C9H10.2ClH.Zr/c1-3-7-12-10(5-1)9-11-6-2-4-8-13(11)12;1-7(2)10-6-8(3)5-9(10)4;1-3-9-6-4-8(2)5-7-9;;;/h1-5,7-8H,9H2;5-7H,1-4H3;4-7H,1-2H3;2*1H;/q2*-1;;;;+2/p-2. The summed E-state index contributed by atoms with van der Waals surface area (Å²) in [7, 11) is 0. The van der Waals surface area contributed by atoms with Crippen LogP contribution < -0.4 is 24.8 Å². The minimum Gasteiger partial charge on any atom is -1.00 e. The molecule has 1 aliphatic carbocycles. The summed E-state index contributed by atoms with van der Waals surface area (Å²) < 4.78 is 1.46. The fraction of sp³-hybridized carbons (Fsp3) is 0.250. The molecule has 0 saturated carbocycles. The van der Waals surface area contributed by atoms with E-state index in [2.05, 4.69) is 120 Å². The molecule has 0 nitrogen and oxygen atoms in total. The molecular formula is C32H34Cl2Zr-2. The predicted molar refractivity (Wildman–Crippen MR) is 140 cm³/mol. The van der Waals surface area contributed by atoms with Crippen molar-refractivity contribution in [2.45, 2.75) is 53.9 Å². The van der Waals surface area contributed by atoms with Crippen LogP contribution in [0.25, 0.3) is 11.1 Å². The second-order valence-corrected chi connectivity index (χ2v) is 11.1. The Hall–Kier alpha value is -1.66. The molecule has 1 aliphatic rings. The van der Waals surface area contributed by atoms with Crippen LogP contribution in [0.1, 0.15) is 65.6 Å². The number of aryl methyl sites for hydroxylation is 3. The smallest absolute Gasteiger partial charge is 0.0253 e. The zero-order valence-electron chi connectivity index (χ0n) is 21.5. The molecule has 0 unspecified atom stereocenters. The zero-order valence-corrected chi connectivity index (χ0v) is 25.5. The molecule has 182 valence electrons. The van der Waals surface area contributed by atoms with Gasteiger partial charge in [0, 0.05) is 0 Å². The summed E-state index contributed by atoms with van der Waals surface area (Å²) in [5.41, 5.74) is 12.5. The van der Waals surface area contributed by atoms with Gasteiger partial charge in [-0.05, 0) is 6.42 Å². The first-order valence-corrected chi connectivity index (χ1v) is 12.9. The average Bonchev–Trinajstić information content (AvgIpc) is 3.34. The van der Waals surface area contributed by atoms with Gasteiger partial charge in [-0.25, -0.2) is 6.07 Å². The monoisotopic (exact) mass is 578 g/mol. The molecule has 3 heteroatoms. The third kappa shape index (κ3) is 8.75. The summed E-state index contributed by atoms with van der Waals surface area (Å²) in [6.45, 7) is 13.1. The molecule has 0 aliphatic heterocycles. The van der Waals surface area contributed by atoms with Crippen molar-refractivity contribution in [3.63, 3.8) is 0 Å². The van der Waals surface area contributed by atoms with Gasteiger partial charge in [0.05, 0.1) is 0 Å². The van der Waals surface area contributed by atoms with Crippen LogP contribution >= 0.6 is 0 Å². The first-order valence-electron chi connectivity index (χ1n) is 11.7. The molecule has 0 heterocycles. The maximum absolute atomic E-state index is 3.30. The molecule has 0 atom stereocenters. The van der Waals surface area contributed by atoms with Crippen molar-refractivity contribution >= 4 is 3.21 Å². The molecule has 0 saturated heterocycles. The van der Waals surface area contributed by atoms with Gasteiger partial charge < -0.3 is 24.8 Å². The van der Waals surface area contributed by atoms with Gasteiger partial charge in [-0.1, -0.05) is 69.0 Å². The summed E-state index contributed by atoms with van der Waals surface area (Å²) in [5.74, 6) is 0.675. The third-order valence-corrected chi connectivity index (χ3v) is 6.72. The predicted octanol–water partition coefficient (Wildman–Crippen LogP) is 2.29. The van der Waals surface area contributed by atoms with Gasteiger partial charge in [-0.15, -0.1) is 5.56 Å². The Kier molecular flexibility index (Phi) is 13.3. The molecule has 0 bridgehead atoms. The summed E-state index contributed by atoms with van der Waals surface area (Å²) in [4.78, 5) is 0. The Morgan fingerprint density at radius 3 is 2.06 bits per heavy atom. The fourth-order valence-corrected chi connectivity index (χ4v) is 4.66. The van der Waals surface area contributed by atoms with Gasteiger partial charge in [0.25, 0.3) is 0 Å². The normalized spacial score (nSPS) is 10.4. The maximum Gasteiger partial charge on any atom is -0.0253 e. The zero-order chi connectivity index (χ0) is 24.0. The topological polar surface area (TPSA) is 0 Å². The van der Waals surface area contributed by atoms with Gasteiger partial charge >= 0.3 is 76.7 Å². The van der Waals surface area contributed by atoms with Gasteiger partial charge in [-0.2, -0.15) is 52.6 Å². The Bertz CT molecular complexity index is 1170. The van der Waals surface area contributed by atoms with Gasteiger partial charge in [0.2, 0.25) is 0 Å². The first-order chi connectivity index (χ1) is 15.8. The quantitative estimate of drug-likeness (QED) is 0.281. The van der Waals surface area contributed by atoms with Gasteiger partial charge in [0.1, 0.15) is 0 Å². The number of benzene rings is 3. The van der Waals surface area contributed by atoms with E-state index in [1.807, 2.05) is 6.07 Å². The largest absolute Gasteiger partial charge is 1.00 e. The Morgan fingerprint density at radius 1 is 0.886 bits per heavy atom. The second-order valence-electron chi connectivity index (χ2n) is 9.21. The van der Waals surface area contributed by atoms with Crippen LogP contribution in [0, 0.1) is 26.8 Å². The molecule has 5 rings (SSSR count). The Labute approximate surface area is 239 Å². The molecule has 35 heavy (non-hydrogen) atoms. The molecule has 4 aromatic carbocycles. The molecule has 0 amide bonds. The van der Waals surface area contributed by atoms with Crippen molar-refractivity contribution in [3.8, 4) is 11.1 Å². The average molecular weight is 581 g/mol. The van der Waals surface area contributed by atoms with Crippen molar-refractivity contribution in [1.29, 1.82) is 0 Å². The summed E-state index contributed by atoms with van der Waals surface area (Å²) in [5, 5.41) is 0. The van der Waals surface area contributed by atoms with Crippen LogP contribution in [0.2, 0.25) is 0 Å². The van der Waals surface area contributed by atoms with Crippen LogP contribution in [0.15, 0.2) is 78.9 Å². The van der Waals surface area contributed by atoms with Crippen molar-refractivity contribution in [2.24, 2.45) is 0 Å². The van der Waals surface area contributed by atoms with E-state index in [0.717, 1.165) is 6.42 Å². The van der Waals surface area contributed by atoms with Crippen LogP contribution in [-0.4, -0.2) is 3.21 Å². The number of fused-ring (bicyclic) bond motifs is 3. The number of hydrogen-bond acceptors (Lipinski definition) is 0. The van der Waals surface area contributed by atoms with E-state index in [1.165, 1.54) is 77.5 Å². The van der Waals surface area contributed by atoms with Crippen molar-refractivity contribution < 1.29 is 49.0 Å². The van der Waals surface area contributed by atoms with Crippen molar-refractivity contribution in [2.75, 3.05) is 0 Å². The van der Waals surface area contributed by atoms with E-state index in [9.17, 15) is 0 Å². The number of rotatable bonds is 2. The molecular weight excluding hydrogens is 546 g/mol. The van der Waals surface area contributed by atoms with Gasteiger partial charge in [-0.3, -0.25) is 0 Å². The number of hydrogen-bond donors (Lipinski definition) is 0. The van der Waals surface area contributed by atoms with Crippen LogP contribution in [0.5, 0.6) is 0 Å². The second kappa shape index (κ2) is 14.8.